The van der Waals surface area contributed by atoms with Gasteiger partial charge in [-0.15, -0.1) is 24.8 Å². The van der Waals surface area contributed by atoms with Gasteiger partial charge in [0.05, 0.1) is 24.2 Å². The molecule has 21 heavy (non-hydrogen) atoms. The Morgan fingerprint density at radius 1 is 1.29 bits per heavy atom. The monoisotopic (exact) mass is 337 g/mol. The Balaban J connectivity index is 3.62. The Bertz CT molecular complexity index is 543. The van der Waals surface area contributed by atoms with Crippen LogP contribution in [0.2, 0.25) is 0 Å². The molecule has 1 aromatic heterocycles. The number of aromatic nitrogens is 1. The highest BCUT2D eigenvalue weighted by Gasteiger charge is 2.42. The van der Waals surface area contributed by atoms with Gasteiger partial charge in [-0.05, 0) is 6.07 Å². The minimum atomic E-state index is -5.34. The summed E-state index contributed by atoms with van der Waals surface area (Å²) in [6, 6.07) is 0.350. The van der Waals surface area contributed by atoms with E-state index in [1.807, 2.05) is 0 Å². The fourth-order valence-electron chi connectivity index (χ4n) is 1.35. The second-order valence-corrected chi connectivity index (χ2v) is 3.78. The van der Waals surface area contributed by atoms with E-state index in [9.17, 15) is 31.1 Å². The average Bonchev–Trinajstić information content (AvgIpc) is 2.33. The van der Waals surface area contributed by atoms with Gasteiger partial charge < -0.3 is 9.47 Å². The summed E-state index contributed by atoms with van der Waals surface area (Å²) < 4.78 is 82.7. The molecule has 0 atom stereocenters. The molecule has 0 N–H and O–H groups in total. The topological polar surface area (TPSA) is 48.4 Å². The molecule has 1 aromatic rings. The number of halogens is 7. The van der Waals surface area contributed by atoms with Crippen molar-refractivity contribution in [2.75, 3.05) is 7.11 Å². The molecule has 0 fully saturated rings. The zero-order chi connectivity index (χ0) is 16.4. The van der Waals surface area contributed by atoms with Gasteiger partial charge in [-0.25, -0.2) is 9.78 Å². The molecule has 0 aliphatic rings. The third-order valence-electron chi connectivity index (χ3n) is 2.08. The third-order valence-corrected chi connectivity index (χ3v) is 2.36. The molecular formula is C10H6ClF6NO3. The maximum atomic E-state index is 12.9. The maximum absolute atomic E-state index is 12.9. The van der Waals surface area contributed by atoms with E-state index < -0.39 is 47.1 Å². The van der Waals surface area contributed by atoms with Gasteiger partial charge in [-0.3, -0.25) is 0 Å². The average molecular weight is 338 g/mol. The van der Waals surface area contributed by atoms with Gasteiger partial charge in [0, 0.05) is 0 Å². The first kappa shape index (κ1) is 17.3. The Kier molecular flexibility index (Phi) is 4.92. The van der Waals surface area contributed by atoms with Gasteiger partial charge in [0.25, 0.3) is 0 Å². The largest absolute Gasteiger partial charge is 0.574 e. The molecule has 118 valence electrons. The highest BCUT2D eigenvalue weighted by molar-refractivity contribution is 6.16. The summed E-state index contributed by atoms with van der Waals surface area (Å²) in [5.74, 6) is -3.85. The quantitative estimate of drug-likeness (QED) is 0.481. The van der Waals surface area contributed by atoms with E-state index in [4.69, 9.17) is 11.6 Å². The van der Waals surface area contributed by atoms with E-state index in [1.54, 1.807) is 0 Å². The predicted molar refractivity (Wildman–Crippen MR) is 56.8 cm³/mol. The van der Waals surface area contributed by atoms with E-state index in [-0.39, 0.29) is 0 Å². The molecule has 0 radical (unpaired) electrons. The van der Waals surface area contributed by atoms with Crippen molar-refractivity contribution < 1.29 is 40.6 Å². The lowest BCUT2D eigenvalue weighted by Crippen LogP contribution is -2.23. The van der Waals surface area contributed by atoms with Crippen molar-refractivity contribution in [2.24, 2.45) is 0 Å². The van der Waals surface area contributed by atoms with E-state index in [0.29, 0.717) is 13.2 Å². The number of esters is 1. The first-order valence-corrected chi connectivity index (χ1v) is 5.54. The molecule has 1 rings (SSSR count). The summed E-state index contributed by atoms with van der Waals surface area (Å²) in [6.07, 6.45) is -10.5. The first-order valence-electron chi connectivity index (χ1n) is 5.00. The second-order valence-electron chi connectivity index (χ2n) is 3.51. The van der Waals surface area contributed by atoms with E-state index in [2.05, 4.69) is 14.5 Å². The van der Waals surface area contributed by atoms with Gasteiger partial charge in [-0.1, -0.05) is 0 Å². The minimum absolute atomic E-state index is 0.350. The number of methoxy groups -OCH3 is 1. The van der Waals surface area contributed by atoms with Gasteiger partial charge in [0.1, 0.15) is 5.56 Å². The van der Waals surface area contributed by atoms with Crippen molar-refractivity contribution in [3.05, 3.63) is 22.9 Å². The van der Waals surface area contributed by atoms with Gasteiger partial charge >= 0.3 is 18.5 Å². The molecule has 4 nitrogen and oxygen atoms in total. The highest BCUT2D eigenvalue weighted by atomic mass is 35.5. The van der Waals surface area contributed by atoms with Crippen molar-refractivity contribution in [3.63, 3.8) is 0 Å². The zero-order valence-corrected chi connectivity index (χ0v) is 10.9. The van der Waals surface area contributed by atoms with E-state index in [0.717, 1.165) is 0 Å². The molecule has 0 saturated carbocycles. The van der Waals surface area contributed by atoms with Crippen LogP contribution in [0.4, 0.5) is 26.3 Å². The van der Waals surface area contributed by atoms with Crippen LogP contribution in [-0.2, 0) is 16.8 Å². The standard InChI is InChI=1S/C10H6ClF6NO3/c1-20-8(19)6-5(9(12,13)14)2-4(3-11)18-7(6)21-10(15,16)17/h2H,3H2,1H3. The predicted octanol–water partition coefficient (Wildman–Crippen LogP) is 3.52. The van der Waals surface area contributed by atoms with Crippen LogP contribution >= 0.6 is 11.6 Å². The minimum Gasteiger partial charge on any atom is -0.465 e. The second kappa shape index (κ2) is 5.96. The Morgan fingerprint density at radius 3 is 2.24 bits per heavy atom. The van der Waals surface area contributed by atoms with Crippen molar-refractivity contribution in [1.29, 1.82) is 0 Å². The fourth-order valence-corrected chi connectivity index (χ4v) is 1.48. The first-order chi connectivity index (χ1) is 9.49. The molecule has 11 heteroatoms. The molecule has 0 bridgehead atoms. The van der Waals surface area contributed by atoms with Crippen LogP contribution in [0.1, 0.15) is 21.6 Å². The summed E-state index contributed by atoms with van der Waals surface area (Å²) in [4.78, 5) is 14.5. The number of hydrogen-bond donors (Lipinski definition) is 0. The molecule has 0 amide bonds. The molecule has 1 heterocycles. The van der Waals surface area contributed by atoms with Crippen LogP contribution in [0.5, 0.6) is 5.88 Å². The molecule has 0 aliphatic heterocycles. The van der Waals surface area contributed by atoms with Gasteiger partial charge in [-0.2, -0.15) is 13.2 Å². The molecular weight excluding hydrogens is 332 g/mol. The lowest BCUT2D eigenvalue weighted by molar-refractivity contribution is -0.276. The number of alkyl halides is 7. The van der Waals surface area contributed by atoms with Crippen LogP contribution in [0, 0.1) is 0 Å². The lowest BCUT2D eigenvalue weighted by Gasteiger charge is -2.17. The number of rotatable bonds is 3. The number of carbonyl (C=O) groups is 1. The fraction of sp³-hybridized carbons (Fsp3) is 0.400. The maximum Gasteiger partial charge on any atom is 0.574 e. The van der Waals surface area contributed by atoms with E-state index in [1.165, 1.54) is 0 Å². The Labute approximate surface area is 118 Å². The van der Waals surface area contributed by atoms with Gasteiger partial charge in [0.15, 0.2) is 0 Å². The normalized spacial score (nSPS) is 12.2. The molecule has 0 unspecified atom stereocenters. The molecule has 0 aromatic carbocycles. The van der Waals surface area contributed by atoms with Crippen LogP contribution in [0.3, 0.4) is 0 Å². The Morgan fingerprint density at radius 2 is 1.86 bits per heavy atom. The number of ether oxygens (including phenoxy) is 2. The number of pyridine rings is 1. The van der Waals surface area contributed by atoms with Crippen molar-refractivity contribution in [2.45, 2.75) is 18.4 Å². The molecule has 0 spiro atoms. The van der Waals surface area contributed by atoms with E-state index >= 15 is 0 Å². The van der Waals surface area contributed by atoms with Gasteiger partial charge in [0.2, 0.25) is 5.88 Å². The summed E-state index contributed by atoms with van der Waals surface area (Å²) in [5.41, 5.74) is -3.70. The van der Waals surface area contributed by atoms with Crippen molar-refractivity contribution >= 4 is 17.6 Å². The summed E-state index contributed by atoms with van der Waals surface area (Å²) in [5, 5.41) is 0. The molecule has 0 saturated heterocycles. The van der Waals surface area contributed by atoms with Crippen molar-refractivity contribution in [3.8, 4) is 5.88 Å². The lowest BCUT2D eigenvalue weighted by atomic mass is 10.1. The third kappa shape index (κ3) is 4.38. The van der Waals surface area contributed by atoms with Crippen LogP contribution in [0.25, 0.3) is 0 Å². The van der Waals surface area contributed by atoms with Crippen LogP contribution in [0.15, 0.2) is 6.07 Å². The van der Waals surface area contributed by atoms with Crippen LogP contribution < -0.4 is 4.74 Å². The number of carbonyl (C=O) groups excluding carboxylic acids is 1. The van der Waals surface area contributed by atoms with Crippen LogP contribution in [-0.4, -0.2) is 24.4 Å². The molecule has 0 aliphatic carbocycles. The summed E-state index contributed by atoms with van der Waals surface area (Å²) in [7, 11) is 0.704. The Hall–Kier alpha value is -1.71. The summed E-state index contributed by atoms with van der Waals surface area (Å²) >= 11 is 5.28. The summed E-state index contributed by atoms with van der Waals surface area (Å²) in [6.45, 7) is 0. The smallest absolute Gasteiger partial charge is 0.465 e. The highest BCUT2D eigenvalue weighted by Crippen LogP contribution is 2.38. The number of nitrogens with zero attached hydrogens (tertiary/aromatic N) is 1. The zero-order valence-electron chi connectivity index (χ0n) is 10.1. The number of hydrogen-bond acceptors (Lipinski definition) is 4. The van der Waals surface area contributed by atoms with Crippen molar-refractivity contribution in [1.82, 2.24) is 4.98 Å². The SMILES string of the molecule is COC(=O)c1c(C(F)(F)F)cc(CCl)nc1OC(F)(F)F.